The summed E-state index contributed by atoms with van der Waals surface area (Å²) in [7, 11) is 0. The molecular formula is C18H25FN4S. The third kappa shape index (κ3) is 6.66. The molecular weight excluding hydrogens is 323 g/mol. The maximum atomic E-state index is 13.2. The monoisotopic (exact) mass is 348 g/mol. The second kappa shape index (κ2) is 10.0. The molecule has 2 aromatic rings. The van der Waals surface area contributed by atoms with Gasteiger partial charge in [0.05, 0.1) is 5.01 Å². The summed E-state index contributed by atoms with van der Waals surface area (Å²) in [6, 6.07) is 6.71. The SMILES string of the molecule is CCNC(=NCCCc1nc(C)cs1)NCCc1cccc(F)c1. The molecule has 1 heterocycles. The Morgan fingerprint density at radius 3 is 2.88 bits per heavy atom. The molecule has 4 nitrogen and oxygen atoms in total. The van der Waals surface area contributed by atoms with Crippen molar-refractivity contribution in [1.82, 2.24) is 15.6 Å². The lowest BCUT2D eigenvalue weighted by Gasteiger charge is -2.11. The van der Waals surface area contributed by atoms with Gasteiger partial charge in [0.15, 0.2) is 5.96 Å². The minimum atomic E-state index is -0.189. The number of halogens is 1. The van der Waals surface area contributed by atoms with E-state index in [0.717, 1.165) is 56.1 Å². The Morgan fingerprint density at radius 2 is 2.17 bits per heavy atom. The van der Waals surface area contributed by atoms with Crippen LogP contribution < -0.4 is 10.6 Å². The van der Waals surface area contributed by atoms with Crippen molar-refractivity contribution in [2.75, 3.05) is 19.6 Å². The molecule has 0 unspecified atom stereocenters. The van der Waals surface area contributed by atoms with E-state index < -0.39 is 0 Å². The van der Waals surface area contributed by atoms with Gasteiger partial charge in [0.1, 0.15) is 5.82 Å². The fourth-order valence-corrected chi connectivity index (χ4v) is 3.12. The highest BCUT2D eigenvalue weighted by atomic mass is 32.1. The zero-order chi connectivity index (χ0) is 17.2. The molecule has 0 bridgehead atoms. The van der Waals surface area contributed by atoms with Crippen LogP contribution in [0.25, 0.3) is 0 Å². The largest absolute Gasteiger partial charge is 0.357 e. The van der Waals surface area contributed by atoms with Crippen LogP contribution in [0.4, 0.5) is 4.39 Å². The highest BCUT2D eigenvalue weighted by molar-refractivity contribution is 7.09. The van der Waals surface area contributed by atoms with Gasteiger partial charge in [0, 0.05) is 37.1 Å². The number of aromatic nitrogens is 1. The Balaban J connectivity index is 1.73. The van der Waals surface area contributed by atoms with Crippen LogP contribution >= 0.6 is 11.3 Å². The van der Waals surface area contributed by atoms with Gasteiger partial charge in [0.25, 0.3) is 0 Å². The van der Waals surface area contributed by atoms with Gasteiger partial charge in [-0.05, 0) is 44.4 Å². The molecule has 0 saturated heterocycles. The number of nitrogens with one attached hydrogen (secondary N) is 2. The Bertz CT molecular complexity index is 654. The highest BCUT2D eigenvalue weighted by Crippen LogP contribution is 2.10. The summed E-state index contributed by atoms with van der Waals surface area (Å²) in [5.41, 5.74) is 2.07. The summed E-state index contributed by atoms with van der Waals surface area (Å²) in [6.45, 7) is 6.36. The number of nitrogens with zero attached hydrogens (tertiary/aromatic N) is 2. The summed E-state index contributed by atoms with van der Waals surface area (Å²) in [6.07, 6.45) is 2.71. The van der Waals surface area contributed by atoms with E-state index in [1.54, 1.807) is 23.5 Å². The summed E-state index contributed by atoms with van der Waals surface area (Å²) in [4.78, 5) is 9.04. The number of hydrogen-bond donors (Lipinski definition) is 2. The molecule has 0 aliphatic heterocycles. The average Bonchev–Trinajstić information content (AvgIpc) is 2.97. The first kappa shape index (κ1) is 18.4. The summed E-state index contributed by atoms with van der Waals surface area (Å²) in [5.74, 6) is 0.620. The molecule has 1 aromatic heterocycles. The van der Waals surface area contributed by atoms with Crippen LogP contribution in [0, 0.1) is 12.7 Å². The maximum absolute atomic E-state index is 13.2. The molecule has 0 amide bonds. The third-order valence-corrected chi connectivity index (χ3v) is 4.45. The predicted octanol–water partition coefficient (Wildman–Crippen LogP) is 3.32. The van der Waals surface area contributed by atoms with Crippen LogP contribution in [0.5, 0.6) is 0 Å². The molecule has 6 heteroatoms. The standard InChI is InChI=1S/C18H25FN4S/c1-3-20-18(21-10-5-8-17-23-14(2)13-24-17)22-11-9-15-6-4-7-16(19)12-15/h4,6-7,12-13H,3,5,8-11H2,1-2H3,(H2,20,21,22). The van der Waals surface area contributed by atoms with E-state index in [4.69, 9.17) is 0 Å². The van der Waals surface area contributed by atoms with Crippen molar-refractivity contribution in [2.45, 2.75) is 33.1 Å². The number of thiazole rings is 1. The Labute approximate surface area is 147 Å². The maximum Gasteiger partial charge on any atom is 0.191 e. The first-order chi connectivity index (χ1) is 11.7. The molecule has 2 N–H and O–H groups in total. The van der Waals surface area contributed by atoms with Crippen LogP contribution in [0.2, 0.25) is 0 Å². The molecule has 0 atom stereocenters. The number of aliphatic imine (C=N–C) groups is 1. The minimum Gasteiger partial charge on any atom is -0.357 e. The molecule has 0 saturated carbocycles. The second-order valence-electron chi connectivity index (χ2n) is 5.55. The number of aryl methyl sites for hydroxylation is 2. The minimum absolute atomic E-state index is 0.189. The Hall–Kier alpha value is -1.95. The van der Waals surface area contributed by atoms with Gasteiger partial charge in [-0.1, -0.05) is 12.1 Å². The summed E-state index contributed by atoms with van der Waals surface area (Å²) in [5, 5.41) is 9.78. The molecule has 1 aromatic carbocycles. The Morgan fingerprint density at radius 1 is 1.29 bits per heavy atom. The van der Waals surface area contributed by atoms with Crippen LogP contribution in [-0.4, -0.2) is 30.6 Å². The van der Waals surface area contributed by atoms with Gasteiger partial charge in [0.2, 0.25) is 0 Å². The van der Waals surface area contributed by atoms with E-state index in [9.17, 15) is 4.39 Å². The molecule has 0 fully saturated rings. The number of guanidine groups is 1. The van der Waals surface area contributed by atoms with E-state index >= 15 is 0 Å². The normalized spacial score (nSPS) is 11.5. The van der Waals surface area contributed by atoms with Gasteiger partial charge in [-0.2, -0.15) is 0 Å². The van der Waals surface area contributed by atoms with E-state index in [1.807, 2.05) is 19.9 Å². The second-order valence-corrected chi connectivity index (χ2v) is 6.50. The fourth-order valence-electron chi connectivity index (χ4n) is 2.30. The number of hydrogen-bond acceptors (Lipinski definition) is 3. The van der Waals surface area contributed by atoms with E-state index in [2.05, 4.69) is 26.0 Å². The summed E-state index contributed by atoms with van der Waals surface area (Å²) >= 11 is 1.71. The highest BCUT2D eigenvalue weighted by Gasteiger charge is 2.00. The molecule has 130 valence electrons. The lowest BCUT2D eigenvalue weighted by Crippen LogP contribution is -2.38. The molecule has 0 radical (unpaired) electrons. The smallest absolute Gasteiger partial charge is 0.191 e. The third-order valence-electron chi connectivity index (χ3n) is 3.42. The van der Waals surface area contributed by atoms with Crippen LogP contribution in [0.3, 0.4) is 0 Å². The van der Waals surface area contributed by atoms with Gasteiger partial charge in [-0.15, -0.1) is 11.3 Å². The van der Waals surface area contributed by atoms with Crippen molar-refractivity contribution in [2.24, 2.45) is 4.99 Å². The zero-order valence-electron chi connectivity index (χ0n) is 14.3. The van der Waals surface area contributed by atoms with Crippen molar-refractivity contribution < 1.29 is 4.39 Å². The zero-order valence-corrected chi connectivity index (χ0v) is 15.1. The quantitative estimate of drug-likeness (QED) is 0.437. The van der Waals surface area contributed by atoms with Crippen molar-refractivity contribution in [3.63, 3.8) is 0 Å². The van der Waals surface area contributed by atoms with Gasteiger partial charge in [-0.25, -0.2) is 9.37 Å². The number of benzene rings is 1. The first-order valence-electron chi connectivity index (χ1n) is 8.35. The van der Waals surface area contributed by atoms with Gasteiger partial charge in [-0.3, -0.25) is 4.99 Å². The van der Waals surface area contributed by atoms with Crippen LogP contribution in [0.1, 0.15) is 29.6 Å². The van der Waals surface area contributed by atoms with E-state index in [0.29, 0.717) is 0 Å². The van der Waals surface area contributed by atoms with Crippen molar-refractivity contribution in [3.8, 4) is 0 Å². The molecule has 24 heavy (non-hydrogen) atoms. The van der Waals surface area contributed by atoms with Crippen molar-refractivity contribution >= 4 is 17.3 Å². The van der Waals surface area contributed by atoms with Crippen LogP contribution in [0.15, 0.2) is 34.6 Å². The van der Waals surface area contributed by atoms with Gasteiger partial charge < -0.3 is 10.6 Å². The average molecular weight is 348 g/mol. The Kier molecular flexibility index (Phi) is 7.68. The lowest BCUT2D eigenvalue weighted by atomic mass is 10.1. The topological polar surface area (TPSA) is 49.3 Å². The van der Waals surface area contributed by atoms with Crippen molar-refractivity contribution in [1.29, 1.82) is 0 Å². The van der Waals surface area contributed by atoms with Crippen molar-refractivity contribution in [3.05, 3.63) is 51.7 Å². The predicted molar refractivity (Wildman–Crippen MR) is 99.3 cm³/mol. The first-order valence-corrected chi connectivity index (χ1v) is 9.23. The molecule has 2 rings (SSSR count). The lowest BCUT2D eigenvalue weighted by molar-refractivity contribution is 0.625. The van der Waals surface area contributed by atoms with E-state index in [1.165, 1.54) is 11.1 Å². The summed E-state index contributed by atoms with van der Waals surface area (Å²) < 4.78 is 13.2. The van der Waals surface area contributed by atoms with E-state index in [-0.39, 0.29) is 5.82 Å². The van der Waals surface area contributed by atoms with Crippen LogP contribution in [-0.2, 0) is 12.8 Å². The molecule has 0 spiro atoms. The fraction of sp³-hybridized carbons (Fsp3) is 0.444. The number of rotatable bonds is 8. The molecule has 0 aliphatic carbocycles. The van der Waals surface area contributed by atoms with Gasteiger partial charge >= 0.3 is 0 Å². The molecule has 0 aliphatic rings.